The van der Waals surface area contributed by atoms with Crippen LogP contribution in [0, 0.1) is 24.0 Å². The van der Waals surface area contributed by atoms with Gasteiger partial charge in [0.2, 0.25) is 0 Å². The van der Waals surface area contributed by atoms with Gasteiger partial charge in [0.1, 0.15) is 23.9 Å². The zero-order valence-electron chi connectivity index (χ0n) is 23.5. The van der Waals surface area contributed by atoms with Crippen LogP contribution in [0.4, 0.5) is 5.69 Å². The van der Waals surface area contributed by atoms with E-state index in [-0.39, 0.29) is 34.9 Å². The number of rotatable bonds is 10. The van der Waals surface area contributed by atoms with Crippen molar-refractivity contribution in [3.8, 4) is 17.2 Å². The predicted molar refractivity (Wildman–Crippen MR) is 163 cm³/mol. The fourth-order valence-corrected chi connectivity index (χ4v) is 4.43. The number of ether oxygens (including phenoxy) is 2. The molecule has 0 atom stereocenters. The highest BCUT2D eigenvalue weighted by Crippen LogP contribution is 2.25. The number of aryl methyl sites for hydroxylation is 2. The van der Waals surface area contributed by atoms with Crippen molar-refractivity contribution >= 4 is 35.4 Å². The smallest absolute Gasteiger partial charge is 0.343 e. The van der Waals surface area contributed by atoms with Gasteiger partial charge in [-0.3, -0.25) is 14.9 Å². The van der Waals surface area contributed by atoms with Gasteiger partial charge >= 0.3 is 11.9 Å². The maximum atomic E-state index is 12.6. The molecule has 2 aromatic heterocycles. The van der Waals surface area contributed by atoms with E-state index >= 15 is 0 Å². The van der Waals surface area contributed by atoms with Crippen molar-refractivity contribution in [2.75, 3.05) is 0 Å². The molecular weight excluding hydrogens is 588 g/mol. The molecule has 2 heterocycles. The number of hydrogen-bond acceptors (Lipinski definition) is 8. The molecule has 44 heavy (non-hydrogen) atoms. The summed E-state index contributed by atoms with van der Waals surface area (Å²) in [5, 5.41) is 15.6. The van der Waals surface area contributed by atoms with E-state index in [1.54, 1.807) is 6.07 Å². The maximum Gasteiger partial charge on any atom is 0.343 e. The number of nitrogens with one attached hydrogen (secondary N) is 1. The normalized spacial score (nSPS) is 11.0. The summed E-state index contributed by atoms with van der Waals surface area (Å²) in [7, 11) is 0. The van der Waals surface area contributed by atoms with Crippen LogP contribution in [0.15, 0.2) is 101 Å². The fourth-order valence-electron chi connectivity index (χ4n) is 4.30. The third-order valence-corrected chi connectivity index (χ3v) is 6.74. The van der Waals surface area contributed by atoms with E-state index in [1.807, 2.05) is 38.1 Å². The maximum absolute atomic E-state index is 12.6. The molecule has 0 aliphatic heterocycles. The second-order valence-corrected chi connectivity index (χ2v) is 10.0. The molecule has 0 bridgehead atoms. The van der Waals surface area contributed by atoms with Crippen molar-refractivity contribution in [1.29, 1.82) is 0 Å². The Balaban J connectivity index is 1.20. The highest BCUT2D eigenvalue weighted by Gasteiger charge is 2.16. The third kappa shape index (κ3) is 7.02. The Bertz CT molecular complexity index is 1840. The van der Waals surface area contributed by atoms with Crippen LogP contribution in [0.3, 0.4) is 0 Å². The van der Waals surface area contributed by atoms with Gasteiger partial charge < -0.3 is 18.5 Å². The lowest BCUT2D eigenvalue weighted by Crippen LogP contribution is -2.17. The number of hydrazone groups is 1. The zero-order chi connectivity index (χ0) is 31.2. The van der Waals surface area contributed by atoms with Gasteiger partial charge in [-0.1, -0.05) is 11.6 Å². The topological polar surface area (TPSA) is 138 Å². The molecule has 5 rings (SSSR count). The van der Waals surface area contributed by atoms with Gasteiger partial charge in [-0.15, -0.1) is 0 Å². The number of nitrogens with zero attached hydrogens (tertiary/aromatic N) is 3. The summed E-state index contributed by atoms with van der Waals surface area (Å²) in [4.78, 5) is 35.9. The fraction of sp³-hybridized carbons (Fsp3) is 0.0938. The molecule has 1 N–H and O–H groups in total. The highest BCUT2D eigenvalue weighted by molar-refractivity contribution is 6.30. The summed E-state index contributed by atoms with van der Waals surface area (Å²) >= 11 is 5.86. The molecule has 5 aromatic rings. The number of furan rings is 1. The van der Waals surface area contributed by atoms with Gasteiger partial charge in [0.25, 0.3) is 5.69 Å². The number of esters is 1. The molecule has 0 aliphatic carbocycles. The first-order chi connectivity index (χ1) is 21.2. The molecule has 0 radical (unpaired) electrons. The standard InChI is InChI=1S/C32H25ClN4O7/c1-20-3-4-21(2)36(20)25-9-12-27(13-10-25)42-19-28-14-16-30(43-28)31(38)35-34-18-23-17-26(37(40)41)11-15-29(23)44-32(39)22-5-7-24(33)8-6-22/h3-18H,19H2,1-2H3,(H,35,38)/b34-18+. The molecule has 0 spiro atoms. The van der Waals surface area contributed by atoms with Crippen LogP contribution >= 0.6 is 11.6 Å². The lowest BCUT2D eigenvalue weighted by atomic mass is 10.2. The first-order valence-corrected chi connectivity index (χ1v) is 13.6. The zero-order valence-corrected chi connectivity index (χ0v) is 24.3. The van der Waals surface area contributed by atoms with Crippen LogP contribution in [0.2, 0.25) is 5.02 Å². The van der Waals surface area contributed by atoms with Crippen molar-refractivity contribution in [3.05, 3.63) is 140 Å². The number of carbonyl (C=O) groups excluding carboxylic acids is 2. The molecule has 0 unspecified atom stereocenters. The minimum absolute atomic E-state index is 0.00218. The van der Waals surface area contributed by atoms with Crippen molar-refractivity contribution in [2.24, 2.45) is 5.10 Å². The van der Waals surface area contributed by atoms with Crippen LogP contribution in [0.1, 0.15) is 43.6 Å². The van der Waals surface area contributed by atoms with Gasteiger partial charge in [-0.05, 0) is 92.7 Å². The number of nitro groups is 1. The van der Waals surface area contributed by atoms with Gasteiger partial charge in [-0.2, -0.15) is 5.10 Å². The summed E-state index contributed by atoms with van der Waals surface area (Å²) in [5.41, 5.74) is 5.63. The minimum Gasteiger partial charge on any atom is -0.486 e. The van der Waals surface area contributed by atoms with E-state index in [0.717, 1.165) is 29.4 Å². The monoisotopic (exact) mass is 612 g/mol. The van der Waals surface area contributed by atoms with Crippen LogP contribution in [-0.4, -0.2) is 27.6 Å². The highest BCUT2D eigenvalue weighted by atomic mass is 35.5. The predicted octanol–water partition coefficient (Wildman–Crippen LogP) is 6.81. The Hall–Kier alpha value is -5.68. The quantitative estimate of drug-likeness (QED) is 0.0601. The van der Waals surface area contributed by atoms with E-state index in [9.17, 15) is 19.7 Å². The average Bonchev–Trinajstić information content (AvgIpc) is 3.63. The Morgan fingerprint density at radius 2 is 1.68 bits per heavy atom. The molecule has 0 saturated carbocycles. The van der Waals surface area contributed by atoms with Crippen molar-refractivity contribution in [3.63, 3.8) is 0 Å². The van der Waals surface area contributed by atoms with Gasteiger partial charge in [0, 0.05) is 39.8 Å². The number of carbonyl (C=O) groups is 2. The Kier molecular flexibility index (Phi) is 8.87. The minimum atomic E-state index is -0.707. The summed E-state index contributed by atoms with van der Waals surface area (Å²) in [5.74, 6) is -0.357. The Morgan fingerprint density at radius 3 is 2.36 bits per heavy atom. The van der Waals surface area contributed by atoms with Gasteiger partial charge in [0.05, 0.1) is 16.7 Å². The first-order valence-electron chi connectivity index (χ1n) is 13.2. The van der Waals surface area contributed by atoms with Crippen LogP contribution in [0.25, 0.3) is 5.69 Å². The Morgan fingerprint density at radius 1 is 0.977 bits per heavy atom. The largest absolute Gasteiger partial charge is 0.486 e. The van der Waals surface area contributed by atoms with Crippen molar-refractivity contribution < 1.29 is 28.4 Å². The summed E-state index contributed by atoms with van der Waals surface area (Å²) in [6, 6.07) is 24.5. The molecular formula is C32H25ClN4O7. The molecule has 1 amide bonds. The van der Waals surface area contributed by atoms with Crippen molar-refractivity contribution in [1.82, 2.24) is 9.99 Å². The molecule has 0 aliphatic rings. The molecule has 222 valence electrons. The van der Waals surface area contributed by atoms with Crippen LogP contribution < -0.4 is 14.9 Å². The van der Waals surface area contributed by atoms with E-state index < -0.39 is 16.8 Å². The van der Waals surface area contributed by atoms with E-state index in [0.29, 0.717) is 16.5 Å². The number of aromatic nitrogens is 1. The number of hydrogen-bond donors (Lipinski definition) is 1. The Labute approximate surface area is 256 Å². The molecule has 3 aromatic carbocycles. The summed E-state index contributed by atoms with van der Waals surface area (Å²) < 4.78 is 18.9. The van der Waals surface area contributed by atoms with Gasteiger partial charge in [-0.25, -0.2) is 10.2 Å². The number of non-ortho nitro benzene ring substituents is 1. The van der Waals surface area contributed by atoms with Gasteiger partial charge in [0.15, 0.2) is 5.76 Å². The molecule has 0 saturated heterocycles. The number of halogens is 1. The van der Waals surface area contributed by atoms with E-state index in [4.69, 9.17) is 25.5 Å². The van der Waals surface area contributed by atoms with Crippen LogP contribution in [0.5, 0.6) is 11.5 Å². The molecule has 12 heteroatoms. The summed E-state index contributed by atoms with van der Waals surface area (Å²) in [6.45, 7) is 4.17. The second-order valence-electron chi connectivity index (χ2n) is 9.57. The third-order valence-electron chi connectivity index (χ3n) is 6.49. The number of nitro benzene ring substituents is 1. The SMILES string of the molecule is Cc1ccc(C)n1-c1ccc(OCc2ccc(C(=O)N/N=C/c3cc([N+](=O)[O-])ccc3OC(=O)c3ccc(Cl)cc3)o2)cc1. The number of amides is 1. The lowest BCUT2D eigenvalue weighted by Gasteiger charge is -2.10. The van der Waals surface area contributed by atoms with Crippen molar-refractivity contribution in [2.45, 2.75) is 20.5 Å². The van der Waals surface area contributed by atoms with E-state index in [2.05, 4.69) is 27.2 Å². The first kappa shape index (κ1) is 29.8. The van der Waals surface area contributed by atoms with E-state index in [1.165, 1.54) is 42.5 Å². The molecule has 11 nitrogen and oxygen atoms in total. The second kappa shape index (κ2) is 13.1. The summed E-state index contributed by atoms with van der Waals surface area (Å²) in [6.07, 6.45) is 1.13. The average molecular weight is 613 g/mol. The van der Waals surface area contributed by atoms with Crippen LogP contribution in [-0.2, 0) is 6.61 Å². The molecule has 0 fully saturated rings. The lowest BCUT2D eigenvalue weighted by molar-refractivity contribution is -0.384. The number of benzene rings is 3.